The summed E-state index contributed by atoms with van der Waals surface area (Å²) in [6.07, 6.45) is 1.26. The Labute approximate surface area is 205 Å². The first-order valence-electron chi connectivity index (χ1n) is 12.5. The lowest BCUT2D eigenvalue weighted by molar-refractivity contribution is -0.137. The van der Waals surface area contributed by atoms with Crippen LogP contribution < -0.4 is 15.5 Å². The van der Waals surface area contributed by atoms with Crippen LogP contribution in [0.2, 0.25) is 0 Å². The molecule has 190 valence electrons. The Morgan fingerprint density at radius 2 is 1.71 bits per heavy atom. The Hall–Kier alpha value is -2.74. The van der Waals surface area contributed by atoms with Crippen LogP contribution in [0.4, 0.5) is 23.7 Å². The Bertz CT molecular complexity index is 980. The summed E-state index contributed by atoms with van der Waals surface area (Å²) in [6, 6.07) is 13.6. The van der Waals surface area contributed by atoms with Gasteiger partial charge in [-0.15, -0.1) is 0 Å². The quantitative estimate of drug-likeness (QED) is 0.538. The second-order valence-corrected chi connectivity index (χ2v) is 9.64. The van der Waals surface area contributed by atoms with E-state index < -0.39 is 17.8 Å². The molecule has 2 aromatic carbocycles. The zero-order valence-corrected chi connectivity index (χ0v) is 20.1. The Morgan fingerprint density at radius 3 is 2.43 bits per heavy atom. The van der Waals surface area contributed by atoms with Gasteiger partial charge in [-0.1, -0.05) is 37.1 Å². The van der Waals surface area contributed by atoms with Crippen LogP contribution in [0.3, 0.4) is 0 Å². The maximum Gasteiger partial charge on any atom is 0.416 e. The molecule has 3 atom stereocenters. The number of piperidine rings is 1. The van der Waals surface area contributed by atoms with Crippen molar-refractivity contribution < 1.29 is 22.7 Å². The van der Waals surface area contributed by atoms with Crippen LogP contribution in [0.1, 0.15) is 55.2 Å². The molecule has 0 radical (unpaired) electrons. The van der Waals surface area contributed by atoms with Crippen molar-refractivity contribution in [1.29, 1.82) is 0 Å². The fraction of sp³-hybridized carbons (Fsp3) is 0.519. The molecule has 1 heterocycles. The second kappa shape index (κ2) is 11.3. The van der Waals surface area contributed by atoms with E-state index in [-0.39, 0.29) is 24.7 Å². The van der Waals surface area contributed by atoms with Gasteiger partial charge in [0.15, 0.2) is 0 Å². The molecule has 1 aliphatic carbocycles. The molecular formula is C27H34F3N3O2. The summed E-state index contributed by atoms with van der Waals surface area (Å²) in [5.74, 6) is 0. The van der Waals surface area contributed by atoms with Gasteiger partial charge < -0.3 is 20.3 Å². The lowest BCUT2D eigenvalue weighted by atomic mass is 9.89. The summed E-state index contributed by atoms with van der Waals surface area (Å²) in [7, 11) is 0. The van der Waals surface area contributed by atoms with Gasteiger partial charge in [0.1, 0.15) is 6.61 Å². The number of ether oxygens (including phenoxy) is 1. The molecule has 35 heavy (non-hydrogen) atoms. The third-order valence-electron chi connectivity index (χ3n) is 7.12. The van der Waals surface area contributed by atoms with Gasteiger partial charge in [-0.2, -0.15) is 13.2 Å². The first-order valence-corrected chi connectivity index (χ1v) is 12.5. The van der Waals surface area contributed by atoms with Gasteiger partial charge in [-0.25, -0.2) is 4.79 Å². The highest BCUT2D eigenvalue weighted by molar-refractivity contribution is 5.67. The minimum Gasteiger partial charge on any atom is -0.445 e. The van der Waals surface area contributed by atoms with E-state index in [9.17, 15) is 18.0 Å². The fourth-order valence-electron chi connectivity index (χ4n) is 5.12. The molecule has 5 nitrogen and oxygen atoms in total. The number of carbonyl (C=O) groups is 1. The number of hydrogen-bond donors (Lipinski definition) is 2. The topological polar surface area (TPSA) is 53.6 Å². The molecule has 8 heteroatoms. The van der Waals surface area contributed by atoms with Crippen molar-refractivity contribution >= 4 is 11.8 Å². The van der Waals surface area contributed by atoms with Crippen LogP contribution >= 0.6 is 0 Å². The van der Waals surface area contributed by atoms with Crippen LogP contribution in [0.25, 0.3) is 0 Å². The minimum atomic E-state index is -4.32. The predicted octanol–water partition coefficient (Wildman–Crippen LogP) is 5.81. The largest absolute Gasteiger partial charge is 0.445 e. The summed E-state index contributed by atoms with van der Waals surface area (Å²) in [5, 5.41) is 6.81. The number of nitrogens with one attached hydrogen (secondary N) is 2. The molecule has 2 fully saturated rings. The number of halogens is 3. The van der Waals surface area contributed by atoms with Crippen LogP contribution in [-0.2, 0) is 17.5 Å². The highest BCUT2D eigenvalue weighted by Gasteiger charge is 2.32. The maximum atomic E-state index is 12.9. The SMILES string of the molecule is Cc1ccccc1COC(=O)NC1CCCCC1NC1CCCN(c2ccc(C(F)(F)F)cc2)C1. The van der Waals surface area contributed by atoms with Crippen LogP contribution in [0.5, 0.6) is 0 Å². The number of benzene rings is 2. The number of rotatable bonds is 6. The number of amides is 1. The number of nitrogens with zero attached hydrogens (tertiary/aromatic N) is 1. The van der Waals surface area contributed by atoms with E-state index in [0.29, 0.717) is 0 Å². The molecule has 1 saturated heterocycles. The van der Waals surface area contributed by atoms with Crippen LogP contribution in [0, 0.1) is 6.92 Å². The zero-order chi connectivity index (χ0) is 24.8. The van der Waals surface area contributed by atoms with Crippen molar-refractivity contribution in [3.63, 3.8) is 0 Å². The predicted molar refractivity (Wildman–Crippen MR) is 130 cm³/mol. The van der Waals surface area contributed by atoms with E-state index in [1.54, 1.807) is 12.1 Å². The number of aryl methyl sites for hydroxylation is 1. The summed E-state index contributed by atoms with van der Waals surface area (Å²) in [5.41, 5.74) is 2.26. The third-order valence-corrected chi connectivity index (χ3v) is 7.12. The molecule has 0 bridgehead atoms. The van der Waals surface area contributed by atoms with Crippen molar-refractivity contribution in [2.45, 2.75) is 76.4 Å². The molecule has 3 unspecified atom stereocenters. The summed E-state index contributed by atoms with van der Waals surface area (Å²) in [6.45, 7) is 3.79. The molecule has 0 aromatic heterocycles. The average Bonchev–Trinajstić information content (AvgIpc) is 2.84. The van der Waals surface area contributed by atoms with E-state index in [1.807, 2.05) is 31.2 Å². The maximum absolute atomic E-state index is 12.9. The third kappa shape index (κ3) is 6.90. The average molecular weight is 490 g/mol. The molecular weight excluding hydrogens is 455 g/mol. The van der Waals surface area contributed by atoms with E-state index in [0.717, 1.165) is 80.6 Å². The van der Waals surface area contributed by atoms with Crippen LogP contribution in [-0.4, -0.2) is 37.3 Å². The first kappa shape index (κ1) is 25.4. The lowest BCUT2D eigenvalue weighted by Gasteiger charge is -2.40. The second-order valence-electron chi connectivity index (χ2n) is 9.64. The number of hydrogen-bond acceptors (Lipinski definition) is 4. The van der Waals surface area contributed by atoms with Gasteiger partial charge in [0.25, 0.3) is 0 Å². The molecule has 1 aliphatic heterocycles. The van der Waals surface area contributed by atoms with Crippen LogP contribution in [0.15, 0.2) is 48.5 Å². The van der Waals surface area contributed by atoms with Gasteiger partial charge in [0.05, 0.1) is 5.56 Å². The molecule has 2 aliphatic rings. The monoisotopic (exact) mass is 489 g/mol. The first-order chi connectivity index (χ1) is 16.8. The van der Waals surface area contributed by atoms with E-state index in [4.69, 9.17) is 4.74 Å². The molecule has 2 N–H and O–H groups in total. The highest BCUT2D eigenvalue weighted by atomic mass is 19.4. The molecule has 0 spiro atoms. The standard InChI is InChI=1S/C27H34F3N3O2/c1-19-7-2-3-8-20(19)18-35-26(34)32-25-11-5-4-10-24(25)31-22-9-6-16-33(17-22)23-14-12-21(13-15-23)27(28,29)30/h2-3,7-8,12-15,22,24-25,31H,4-6,9-11,16-18H2,1H3,(H,32,34). The summed E-state index contributed by atoms with van der Waals surface area (Å²) >= 11 is 0. The number of carbonyl (C=O) groups excluding carboxylic acids is 1. The van der Waals surface area contributed by atoms with Crippen molar-refractivity contribution in [2.24, 2.45) is 0 Å². The fourth-order valence-corrected chi connectivity index (χ4v) is 5.12. The van der Waals surface area contributed by atoms with Crippen molar-refractivity contribution in [2.75, 3.05) is 18.0 Å². The normalized spacial score (nSPS) is 23.1. The van der Waals surface area contributed by atoms with Gasteiger partial charge in [-0.3, -0.25) is 0 Å². The Morgan fingerprint density at radius 1 is 1.00 bits per heavy atom. The molecule has 2 aromatic rings. The number of alkyl carbamates (subject to hydrolysis) is 1. The Balaban J connectivity index is 1.31. The van der Waals surface area contributed by atoms with Gasteiger partial charge in [0.2, 0.25) is 0 Å². The van der Waals surface area contributed by atoms with E-state index in [1.165, 1.54) is 0 Å². The Kier molecular flexibility index (Phi) is 8.21. The minimum absolute atomic E-state index is 0.00503. The summed E-state index contributed by atoms with van der Waals surface area (Å²) < 4.78 is 44.2. The summed E-state index contributed by atoms with van der Waals surface area (Å²) in [4.78, 5) is 14.7. The van der Waals surface area contributed by atoms with Crippen molar-refractivity contribution in [3.05, 3.63) is 65.2 Å². The number of anilines is 1. The zero-order valence-electron chi connectivity index (χ0n) is 20.1. The smallest absolute Gasteiger partial charge is 0.416 e. The molecule has 1 amide bonds. The van der Waals surface area contributed by atoms with Gasteiger partial charge in [-0.05, 0) is 68.0 Å². The van der Waals surface area contributed by atoms with E-state index >= 15 is 0 Å². The molecule has 1 saturated carbocycles. The number of alkyl halides is 3. The molecule has 4 rings (SSSR count). The van der Waals surface area contributed by atoms with E-state index in [2.05, 4.69) is 15.5 Å². The van der Waals surface area contributed by atoms with Gasteiger partial charge in [0, 0.05) is 36.9 Å². The lowest BCUT2D eigenvalue weighted by Crippen LogP contribution is -2.57. The highest BCUT2D eigenvalue weighted by Crippen LogP contribution is 2.31. The van der Waals surface area contributed by atoms with Gasteiger partial charge >= 0.3 is 12.3 Å². The van der Waals surface area contributed by atoms with Crippen molar-refractivity contribution in [1.82, 2.24) is 10.6 Å². The van der Waals surface area contributed by atoms with Crippen molar-refractivity contribution in [3.8, 4) is 0 Å².